The Hall–Kier alpha value is -7.23. The Morgan fingerprint density at radius 2 is 0.722 bits per heavy atom. The molecule has 0 aliphatic heterocycles. The lowest BCUT2D eigenvalue weighted by atomic mass is 9.89. The zero-order valence-electron chi connectivity index (χ0n) is 29.2. The smallest absolute Gasteiger partial charge is 0.0809 e. The Balaban J connectivity index is 1.20. The summed E-state index contributed by atoms with van der Waals surface area (Å²) < 4.78 is 0. The maximum absolute atomic E-state index is 5.55. The first-order valence-corrected chi connectivity index (χ1v) is 18.4. The number of hydrogen-bond acceptors (Lipinski definition) is 3. The third kappa shape index (κ3) is 4.72. The van der Waals surface area contributed by atoms with Crippen LogP contribution < -0.4 is 0 Å². The fraction of sp³-hybridized carbons (Fsp3) is 0. The summed E-state index contributed by atoms with van der Waals surface area (Å²) in [6.07, 6.45) is 1.89. The zero-order valence-corrected chi connectivity index (χ0v) is 29.2. The van der Waals surface area contributed by atoms with Crippen molar-refractivity contribution in [3.63, 3.8) is 0 Å². The Morgan fingerprint density at radius 1 is 0.278 bits per heavy atom. The number of benzene rings is 8. The Kier molecular flexibility index (Phi) is 6.86. The summed E-state index contributed by atoms with van der Waals surface area (Å²) in [4.78, 5) is 16.2. The summed E-state index contributed by atoms with van der Waals surface area (Å²) in [6.45, 7) is 0. The van der Waals surface area contributed by atoms with Crippen LogP contribution in [0.2, 0.25) is 0 Å². The van der Waals surface area contributed by atoms with E-state index in [2.05, 4.69) is 176 Å². The zero-order chi connectivity index (χ0) is 35.6. The van der Waals surface area contributed by atoms with Gasteiger partial charge in [-0.1, -0.05) is 152 Å². The highest BCUT2D eigenvalue weighted by atomic mass is 14.7. The van der Waals surface area contributed by atoms with Crippen LogP contribution in [-0.4, -0.2) is 15.0 Å². The molecule has 3 nitrogen and oxygen atoms in total. The number of rotatable bonds is 4. The highest BCUT2D eigenvalue weighted by molar-refractivity contribution is 6.21. The summed E-state index contributed by atoms with van der Waals surface area (Å²) in [7, 11) is 0. The summed E-state index contributed by atoms with van der Waals surface area (Å²) in [6, 6.07) is 64.6. The van der Waals surface area contributed by atoms with Crippen LogP contribution in [0.25, 0.3) is 110 Å². The molecule has 3 heteroatoms. The quantitative estimate of drug-likeness (QED) is 0.173. The SMILES string of the molecule is c1ccc(-c2c3ccccc3cc3ccc(-c4c5ccccc5c(-c5ccc6cc7ccccc7c(-c7ccccc7)c6n5)c5ncccc45)nc23)cc1. The van der Waals surface area contributed by atoms with Crippen molar-refractivity contribution in [3.05, 3.63) is 188 Å². The molecule has 11 aromatic rings. The van der Waals surface area contributed by atoms with Crippen LogP contribution >= 0.6 is 0 Å². The largest absolute Gasteiger partial charge is 0.256 e. The molecule has 0 N–H and O–H groups in total. The van der Waals surface area contributed by atoms with Crippen LogP contribution in [0.1, 0.15) is 0 Å². The average molecular weight is 686 g/mol. The highest BCUT2D eigenvalue weighted by Crippen LogP contribution is 2.45. The topological polar surface area (TPSA) is 38.7 Å². The fourth-order valence-electron chi connectivity index (χ4n) is 8.47. The minimum absolute atomic E-state index is 0.894. The van der Waals surface area contributed by atoms with Crippen molar-refractivity contribution in [1.29, 1.82) is 0 Å². The second-order valence-corrected chi connectivity index (χ2v) is 13.9. The molecule has 0 unspecified atom stereocenters. The molecule has 8 aromatic carbocycles. The molecule has 0 fully saturated rings. The van der Waals surface area contributed by atoms with E-state index < -0.39 is 0 Å². The van der Waals surface area contributed by atoms with Crippen LogP contribution in [-0.2, 0) is 0 Å². The Labute approximate surface area is 311 Å². The van der Waals surface area contributed by atoms with Gasteiger partial charge in [-0.3, -0.25) is 4.98 Å². The molecule has 250 valence electrons. The molecule has 0 spiro atoms. The van der Waals surface area contributed by atoms with Crippen molar-refractivity contribution in [3.8, 4) is 44.8 Å². The van der Waals surface area contributed by atoms with Gasteiger partial charge in [0.1, 0.15) is 0 Å². The first kappa shape index (κ1) is 30.4. The van der Waals surface area contributed by atoms with Crippen LogP contribution in [0.4, 0.5) is 0 Å². The van der Waals surface area contributed by atoms with Gasteiger partial charge in [0.25, 0.3) is 0 Å². The van der Waals surface area contributed by atoms with E-state index in [-0.39, 0.29) is 0 Å². The van der Waals surface area contributed by atoms with Gasteiger partial charge in [0, 0.05) is 44.6 Å². The number of pyridine rings is 3. The predicted octanol–water partition coefficient (Wildman–Crippen LogP) is 13.5. The van der Waals surface area contributed by atoms with E-state index in [0.717, 1.165) is 88.2 Å². The maximum atomic E-state index is 5.55. The van der Waals surface area contributed by atoms with Gasteiger partial charge in [0.15, 0.2) is 0 Å². The number of nitrogens with zero attached hydrogens (tertiary/aromatic N) is 3. The number of fused-ring (bicyclic) bond motifs is 6. The second kappa shape index (κ2) is 12.2. The fourth-order valence-corrected chi connectivity index (χ4v) is 8.47. The maximum Gasteiger partial charge on any atom is 0.0809 e. The Bertz CT molecular complexity index is 2980. The van der Waals surface area contributed by atoms with Gasteiger partial charge in [-0.2, -0.15) is 0 Å². The molecule has 0 aliphatic rings. The van der Waals surface area contributed by atoms with E-state index >= 15 is 0 Å². The van der Waals surface area contributed by atoms with Crippen molar-refractivity contribution >= 4 is 65.0 Å². The van der Waals surface area contributed by atoms with E-state index in [1.165, 1.54) is 21.5 Å². The third-order valence-electron chi connectivity index (χ3n) is 10.8. The minimum Gasteiger partial charge on any atom is -0.256 e. The van der Waals surface area contributed by atoms with Crippen LogP contribution in [0.3, 0.4) is 0 Å². The number of aromatic nitrogens is 3. The van der Waals surface area contributed by atoms with Crippen LogP contribution in [0, 0.1) is 0 Å². The molecule has 0 bridgehead atoms. The summed E-state index contributed by atoms with van der Waals surface area (Å²) in [5.74, 6) is 0. The van der Waals surface area contributed by atoms with E-state index in [4.69, 9.17) is 15.0 Å². The molecule has 0 aliphatic carbocycles. The predicted molar refractivity (Wildman–Crippen MR) is 227 cm³/mol. The lowest BCUT2D eigenvalue weighted by Gasteiger charge is -2.18. The molecule has 0 amide bonds. The van der Waals surface area contributed by atoms with Crippen LogP contribution in [0.15, 0.2) is 188 Å². The van der Waals surface area contributed by atoms with Gasteiger partial charge >= 0.3 is 0 Å². The molecule has 11 rings (SSSR count). The normalized spacial score (nSPS) is 11.7. The first-order chi connectivity index (χ1) is 26.8. The van der Waals surface area contributed by atoms with Gasteiger partial charge < -0.3 is 0 Å². The molecule has 0 radical (unpaired) electrons. The summed E-state index contributed by atoms with van der Waals surface area (Å²) in [5.41, 5.74) is 11.4. The summed E-state index contributed by atoms with van der Waals surface area (Å²) >= 11 is 0. The van der Waals surface area contributed by atoms with Crippen molar-refractivity contribution < 1.29 is 0 Å². The second-order valence-electron chi connectivity index (χ2n) is 13.9. The van der Waals surface area contributed by atoms with E-state index in [9.17, 15) is 0 Å². The minimum atomic E-state index is 0.894. The van der Waals surface area contributed by atoms with Gasteiger partial charge in [0.2, 0.25) is 0 Å². The van der Waals surface area contributed by atoms with Gasteiger partial charge in [-0.05, 0) is 73.8 Å². The van der Waals surface area contributed by atoms with E-state index in [1.54, 1.807) is 0 Å². The standard InChI is InChI=1S/C51H31N3/c1-3-14-32(15-4-1)45-38-20-9-7-18-34(38)30-36-25-27-43(53-49(36)45)47-40-22-11-12-23-41(40)48(51-42(47)24-13-29-52-51)44-28-26-37-31-35-19-8-10-21-39(35)46(50(37)54-44)33-16-5-2-6-17-33/h1-31H. The third-order valence-corrected chi connectivity index (χ3v) is 10.8. The monoisotopic (exact) mass is 685 g/mol. The lowest BCUT2D eigenvalue weighted by Crippen LogP contribution is -1.97. The molecule has 0 atom stereocenters. The molecular formula is C51H31N3. The molecule has 3 heterocycles. The number of hydrogen-bond donors (Lipinski definition) is 0. The van der Waals surface area contributed by atoms with Crippen molar-refractivity contribution in [2.75, 3.05) is 0 Å². The molecule has 0 saturated carbocycles. The molecule has 54 heavy (non-hydrogen) atoms. The first-order valence-electron chi connectivity index (χ1n) is 18.4. The summed E-state index contributed by atoms with van der Waals surface area (Å²) in [5, 5.41) is 10.3. The lowest BCUT2D eigenvalue weighted by molar-refractivity contribution is 1.37. The van der Waals surface area contributed by atoms with Crippen molar-refractivity contribution in [2.24, 2.45) is 0 Å². The average Bonchev–Trinajstić information content (AvgIpc) is 3.24. The van der Waals surface area contributed by atoms with Gasteiger partial charge in [-0.25, -0.2) is 9.97 Å². The molecule has 3 aromatic heterocycles. The van der Waals surface area contributed by atoms with Gasteiger partial charge in [0.05, 0.1) is 27.9 Å². The van der Waals surface area contributed by atoms with Crippen LogP contribution in [0.5, 0.6) is 0 Å². The van der Waals surface area contributed by atoms with Crippen molar-refractivity contribution in [2.45, 2.75) is 0 Å². The van der Waals surface area contributed by atoms with Gasteiger partial charge in [-0.15, -0.1) is 0 Å². The van der Waals surface area contributed by atoms with Crippen molar-refractivity contribution in [1.82, 2.24) is 15.0 Å². The Morgan fingerprint density at radius 3 is 1.28 bits per heavy atom. The van der Waals surface area contributed by atoms with E-state index in [0.29, 0.717) is 0 Å². The molecule has 0 saturated heterocycles. The highest BCUT2D eigenvalue weighted by Gasteiger charge is 2.21. The van der Waals surface area contributed by atoms with E-state index in [1.807, 2.05) is 12.3 Å². The molecular weight excluding hydrogens is 655 g/mol.